The first kappa shape index (κ1) is 15.3. The van der Waals surface area contributed by atoms with Crippen LogP contribution in [0.1, 0.15) is 40.5 Å². The molecule has 18 heavy (non-hydrogen) atoms. The average Bonchev–Trinajstić information content (AvgIpc) is 2.25. The summed E-state index contributed by atoms with van der Waals surface area (Å²) in [5.41, 5.74) is -0.406. The van der Waals surface area contributed by atoms with E-state index in [1.165, 1.54) is 6.42 Å². The molecule has 106 valence electrons. The van der Waals surface area contributed by atoms with E-state index in [-0.39, 0.29) is 6.09 Å². The van der Waals surface area contributed by atoms with Crippen LogP contribution in [0.5, 0.6) is 0 Å². The van der Waals surface area contributed by atoms with Crippen molar-refractivity contribution in [3.8, 4) is 0 Å². The van der Waals surface area contributed by atoms with Gasteiger partial charge in [0.05, 0.1) is 0 Å². The Morgan fingerprint density at radius 1 is 1.39 bits per heavy atom. The van der Waals surface area contributed by atoms with E-state index in [0.717, 1.165) is 19.5 Å². The minimum absolute atomic E-state index is 0.168. The van der Waals surface area contributed by atoms with Crippen LogP contribution in [-0.2, 0) is 4.74 Å². The van der Waals surface area contributed by atoms with Gasteiger partial charge in [-0.25, -0.2) is 4.79 Å². The van der Waals surface area contributed by atoms with Gasteiger partial charge in [0.1, 0.15) is 5.60 Å². The fourth-order valence-electron chi connectivity index (χ4n) is 2.32. The van der Waals surface area contributed by atoms with Crippen LogP contribution in [0.2, 0.25) is 0 Å². The second kappa shape index (κ2) is 5.91. The number of nitrogens with zero attached hydrogens (tertiary/aromatic N) is 2. The number of hydrogen-bond acceptors (Lipinski definition) is 3. The Bertz CT molecular complexity index is 284. The van der Waals surface area contributed by atoms with Crippen LogP contribution in [0.4, 0.5) is 4.79 Å². The molecule has 2 atom stereocenters. The molecule has 1 aliphatic rings. The molecule has 0 aromatic carbocycles. The van der Waals surface area contributed by atoms with E-state index in [1.807, 2.05) is 25.7 Å². The van der Waals surface area contributed by atoms with Crippen molar-refractivity contribution in [1.82, 2.24) is 9.80 Å². The monoisotopic (exact) mass is 256 g/mol. The Kier molecular flexibility index (Phi) is 5.02. The van der Waals surface area contributed by atoms with Crippen molar-refractivity contribution in [1.29, 1.82) is 0 Å². The summed E-state index contributed by atoms with van der Waals surface area (Å²) in [6.45, 7) is 9.60. The standard InChI is InChI=1S/C14H28N2O2/c1-11(15(5)6)12-8-7-9-16(10-12)13(17)18-14(2,3)4/h11-12H,7-10H2,1-6H3. The molecule has 2 unspecified atom stereocenters. The molecule has 0 aliphatic carbocycles. The molecular weight excluding hydrogens is 228 g/mol. The maximum Gasteiger partial charge on any atom is 0.410 e. The maximum absolute atomic E-state index is 12.0. The Morgan fingerprint density at radius 2 is 2.00 bits per heavy atom. The molecule has 0 saturated carbocycles. The molecule has 1 aliphatic heterocycles. The van der Waals surface area contributed by atoms with Crippen molar-refractivity contribution in [2.75, 3.05) is 27.2 Å². The number of ether oxygens (including phenoxy) is 1. The summed E-state index contributed by atoms with van der Waals surface area (Å²) >= 11 is 0. The van der Waals surface area contributed by atoms with Crippen molar-refractivity contribution in [2.45, 2.75) is 52.2 Å². The zero-order valence-electron chi connectivity index (χ0n) is 12.7. The van der Waals surface area contributed by atoms with Gasteiger partial charge in [0.2, 0.25) is 0 Å². The zero-order chi connectivity index (χ0) is 13.9. The third kappa shape index (κ3) is 4.48. The lowest BCUT2D eigenvalue weighted by Gasteiger charge is -2.38. The van der Waals surface area contributed by atoms with Crippen LogP contribution in [0.25, 0.3) is 0 Å². The molecule has 0 bridgehead atoms. The smallest absolute Gasteiger partial charge is 0.410 e. The summed E-state index contributed by atoms with van der Waals surface area (Å²) in [5.74, 6) is 0.543. The van der Waals surface area contributed by atoms with E-state index in [2.05, 4.69) is 25.9 Å². The van der Waals surface area contributed by atoms with Crippen LogP contribution in [-0.4, -0.2) is 54.7 Å². The number of hydrogen-bond donors (Lipinski definition) is 0. The molecule has 1 fully saturated rings. The minimum atomic E-state index is -0.406. The molecule has 0 radical (unpaired) electrons. The van der Waals surface area contributed by atoms with Gasteiger partial charge >= 0.3 is 6.09 Å². The molecule has 1 heterocycles. The lowest BCUT2D eigenvalue weighted by molar-refractivity contribution is 0.0119. The van der Waals surface area contributed by atoms with Gasteiger partial charge < -0.3 is 14.5 Å². The van der Waals surface area contributed by atoms with E-state index in [4.69, 9.17) is 4.74 Å². The predicted molar refractivity (Wildman–Crippen MR) is 73.7 cm³/mol. The van der Waals surface area contributed by atoms with Crippen LogP contribution in [0.3, 0.4) is 0 Å². The first-order chi connectivity index (χ1) is 8.20. The van der Waals surface area contributed by atoms with Gasteiger partial charge in [-0.3, -0.25) is 0 Å². The van der Waals surface area contributed by atoms with Gasteiger partial charge in [-0.2, -0.15) is 0 Å². The molecule has 1 amide bonds. The lowest BCUT2D eigenvalue weighted by atomic mass is 9.91. The minimum Gasteiger partial charge on any atom is -0.444 e. The van der Waals surface area contributed by atoms with Crippen LogP contribution in [0.15, 0.2) is 0 Å². The molecule has 0 aromatic rings. The van der Waals surface area contributed by atoms with Gasteiger partial charge in [-0.15, -0.1) is 0 Å². The van der Waals surface area contributed by atoms with Crippen LogP contribution >= 0.6 is 0 Å². The summed E-state index contributed by atoms with van der Waals surface area (Å²) < 4.78 is 5.44. The summed E-state index contributed by atoms with van der Waals surface area (Å²) in [6, 6.07) is 0.496. The summed E-state index contributed by atoms with van der Waals surface area (Å²) in [6.07, 6.45) is 2.10. The highest BCUT2D eigenvalue weighted by Crippen LogP contribution is 2.23. The van der Waals surface area contributed by atoms with E-state index in [1.54, 1.807) is 0 Å². The normalized spacial score (nSPS) is 23.1. The highest BCUT2D eigenvalue weighted by Gasteiger charge is 2.30. The van der Waals surface area contributed by atoms with Crippen molar-refractivity contribution >= 4 is 6.09 Å². The van der Waals surface area contributed by atoms with Gasteiger partial charge in [0.25, 0.3) is 0 Å². The summed E-state index contributed by atoms with van der Waals surface area (Å²) in [7, 11) is 4.19. The number of carbonyl (C=O) groups is 1. The van der Waals surface area contributed by atoms with Crippen molar-refractivity contribution in [3.63, 3.8) is 0 Å². The SMILES string of the molecule is CC(C1CCCN(C(=O)OC(C)(C)C)C1)N(C)C. The zero-order valence-corrected chi connectivity index (χ0v) is 12.7. The lowest BCUT2D eigenvalue weighted by Crippen LogP contribution is -2.47. The fraction of sp³-hybridized carbons (Fsp3) is 0.929. The second-order valence-corrected chi connectivity index (χ2v) is 6.53. The van der Waals surface area contributed by atoms with Gasteiger partial charge in [-0.1, -0.05) is 0 Å². The third-order valence-corrected chi connectivity index (χ3v) is 3.61. The van der Waals surface area contributed by atoms with Crippen molar-refractivity contribution < 1.29 is 9.53 Å². The quantitative estimate of drug-likeness (QED) is 0.761. The Hall–Kier alpha value is -0.770. The molecule has 0 N–H and O–H groups in total. The van der Waals surface area contributed by atoms with Crippen LogP contribution in [0, 0.1) is 5.92 Å². The van der Waals surface area contributed by atoms with Gasteiger partial charge in [-0.05, 0) is 60.5 Å². The molecule has 4 heteroatoms. The van der Waals surface area contributed by atoms with E-state index in [0.29, 0.717) is 12.0 Å². The molecule has 1 rings (SSSR count). The van der Waals surface area contributed by atoms with Gasteiger partial charge in [0, 0.05) is 19.1 Å². The van der Waals surface area contributed by atoms with Crippen LogP contribution < -0.4 is 0 Å². The average molecular weight is 256 g/mol. The van der Waals surface area contributed by atoms with E-state index in [9.17, 15) is 4.79 Å². The largest absolute Gasteiger partial charge is 0.444 e. The molecule has 0 aromatic heterocycles. The van der Waals surface area contributed by atoms with Gasteiger partial charge in [0.15, 0.2) is 0 Å². The fourth-order valence-corrected chi connectivity index (χ4v) is 2.32. The third-order valence-electron chi connectivity index (χ3n) is 3.61. The summed E-state index contributed by atoms with van der Waals surface area (Å²) in [5, 5.41) is 0. The molecular formula is C14H28N2O2. The number of carbonyl (C=O) groups excluding carboxylic acids is 1. The first-order valence-electron chi connectivity index (χ1n) is 6.85. The Labute approximate surface area is 111 Å². The Balaban J connectivity index is 2.56. The first-order valence-corrected chi connectivity index (χ1v) is 6.85. The number of amides is 1. The predicted octanol–water partition coefficient (Wildman–Crippen LogP) is 2.58. The number of rotatable bonds is 2. The number of likely N-dealkylation sites (tertiary alicyclic amines) is 1. The highest BCUT2D eigenvalue weighted by molar-refractivity contribution is 5.68. The van der Waals surface area contributed by atoms with E-state index < -0.39 is 5.60 Å². The second-order valence-electron chi connectivity index (χ2n) is 6.53. The Morgan fingerprint density at radius 3 is 2.50 bits per heavy atom. The molecule has 1 saturated heterocycles. The topological polar surface area (TPSA) is 32.8 Å². The molecule has 0 spiro atoms. The summed E-state index contributed by atoms with van der Waals surface area (Å²) in [4.78, 5) is 16.1. The highest BCUT2D eigenvalue weighted by atomic mass is 16.6. The van der Waals surface area contributed by atoms with Crippen molar-refractivity contribution in [2.24, 2.45) is 5.92 Å². The number of piperidine rings is 1. The maximum atomic E-state index is 12.0. The molecule has 4 nitrogen and oxygen atoms in total. The van der Waals surface area contributed by atoms with Crippen molar-refractivity contribution in [3.05, 3.63) is 0 Å². The van der Waals surface area contributed by atoms with E-state index >= 15 is 0 Å².